The lowest BCUT2D eigenvalue weighted by Crippen LogP contribution is -2.32. The van der Waals surface area contributed by atoms with Crippen LogP contribution in [-0.2, 0) is 11.2 Å². The maximum atomic E-state index is 12.6. The van der Waals surface area contributed by atoms with Gasteiger partial charge in [-0.25, -0.2) is 0 Å². The van der Waals surface area contributed by atoms with Crippen LogP contribution in [0.15, 0.2) is 59.8 Å². The van der Waals surface area contributed by atoms with E-state index < -0.39 is 0 Å². The van der Waals surface area contributed by atoms with E-state index in [1.807, 2.05) is 47.9 Å². The van der Waals surface area contributed by atoms with E-state index in [2.05, 4.69) is 33.7 Å². The van der Waals surface area contributed by atoms with Gasteiger partial charge >= 0.3 is 0 Å². The SMILES string of the molecule is Cc1nnc(SCC(=O)N[C@@H]2CCCc3ccccc32)n1-c1ccccc1. The molecule has 4 rings (SSSR count). The zero-order valence-corrected chi connectivity index (χ0v) is 16.1. The van der Waals surface area contributed by atoms with Gasteiger partial charge < -0.3 is 5.32 Å². The standard InChI is InChI=1S/C21H22N4OS/c1-15-23-24-21(25(15)17-10-3-2-4-11-17)27-14-20(26)22-19-13-7-9-16-8-5-6-12-18(16)19/h2-6,8,10-12,19H,7,9,13-14H2,1H3,(H,22,26)/t19-/m1/s1. The second kappa shape index (κ2) is 7.96. The van der Waals surface area contributed by atoms with Crippen molar-refractivity contribution in [3.63, 3.8) is 0 Å². The Balaban J connectivity index is 1.43. The Hall–Kier alpha value is -2.60. The molecule has 0 bridgehead atoms. The average molecular weight is 379 g/mol. The van der Waals surface area contributed by atoms with Crippen molar-refractivity contribution in [2.24, 2.45) is 0 Å². The summed E-state index contributed by atoms with van der Waals surface area (Å²) in [5.74, 6) is 1.16. The molecule has 1 amide bonds. The first-order chi connectivity index (χ1) is 13.2. The summed E-state index contributed by atoms with van der Waals surface area (Å²) in [5, 5.41) is 12.3. The van der Waals surface area contributed by atoms with Crippen molar-refractivity contribution in [1.29, 1.82) is 0 Å². The molecule has 138 valence electrons. The van der Waals surface area contributed by atoms with E-state index >= 15 is 0 Å². The van der Waals surface area contributed by atoms with Crippen molar-refractivity contribution in [2.75, 3.05) is 5.75 Å². The summed E-state index contributed by atoms with van der Waals surface area (Å²) in [5.41, 5.74) is 3.61. The lowest BCUT2D eigenvalue weighted by molar-refractivity contribution is -0.119. The Kier molecular flexibility index (Phi) is 5.25. The first-order valence-corrected chi connectivity index (χ1v) is 10.2. The molecule has 0 aliphatic heterocycles. The fourth-order valence-corrected chi connectivity index (χ4v) is 4.39. The average Bonchev–Trinajstić information content (AvgIpc) is 3.08. The van der Waals surface area contributed by atoms with Crippen LogP contribution in [0.2, 0.25) is 0 Å². The van der Waals surface area contributed by atoms with Crippen LogP contribution in [0.4, 0.5) is 0 Å². The predicted octanol–water partition coefficient (Wildman–Crippen LogP) is 3.86. The van der Waals surface area contributed by atoms with E-state index in [-0.39, 0.29) is 11.9 Å². The van der Waals surface area contributed by atoms with E-state index in [0.717, 1.165) is 35.9 Å². The highest BCUT2D eigenvalue weighted by molar-refractivity contribution is 7.99. The van der Waals surface area contributed by atoms with Crippen LogP contribution >= 0.6 is 11.8 Å². The molecule has 1 heterocycles. The Morgan fingerprint density at radius 2 is 1.93 bits per heavy atom. The van der Waals surface area contributed by atoms with Gasteiger partial charge in [0.1, 0.15) is 5.82 Å². The number of thioether (sulfide) groups is 1. The molecule has 1 atom stereocenters. The monoisotopic (exact) mass is 378 g/mol. The molecule has 0 radical (unpaired) electrons. The second-order valence-electron chi connectivity index (χ2n) is 6.70. The van der Waals surface area contributed by atoms with Gasteiger partial charge in [0.05, 0.1) is 11.8 Å². The number of aryl methyl sites for hydroxylation is 2. The van der Waals surface area contributed by atoms with Crippen molar-refractivity contribution in [3.05, 3.63) is 71.5 Å². The number of benzene rings is 2. The molecule has 1 aromatic heterocycles. The number of para-hydroxylation sites is 1. The van der Waals surface area contributed by atoms with E-state index in [4.69, 9.17) is 0 Å². The maximum Gasteiger partial charge on any atom is 0.230 e. The lowest BCUT2D eigenvalue weighted by Gasteiger charge is -2.26. The van der Waals surface area contributed by atoms with Crippen molar-refractivity contribution in [1.82, 2.24) is 20.1 Å². The topological polar surface area (TPSA) is 59.8 Å². The number of aromatic nitrogens is 3. The molecule has 1 aliphatic rings. The minimum Gasteiger partial charge on any atom is -0.349 e. The van der Waals surface area contributed by atoms with Crippen LogP contribution < -0.4 is 5.32 Å². The highest BCUT2D eigenvalue weighted by Gasteiger charge is 2.22. The largest absolute Gasteiger partial charge is 0.349 e. The van der Waals surface area contributed by atoms with Gasteiger partial charge in [0.25, 0.3) is 0 Å². The van der Waals surface area contributed by atoms with Crippen LogP contribution in [-0.4, -0.2) is 26.4 Å². The van der Waals surface area contributed by atoms with E-state index in [1.165, 1.54) is 22.9 Å². The Bertz CT molecular complexity index is 938. The fraction of sp³-hybridized carbons (Fsp3) is 0.286. The van der Waals surface area contributed by atoms with Crippen LogP contribution in [0.25, 0.3) is 5.69 Å². The normalized spacial score (nSPS) is 16.0. The molecule has 0 saturated carbocycles. The van der Waals surface area contributed by atoms with Crippen molar-refractivity contribution >= 4 is 17.7 Å². The minimum absolute atomic E-state index is 0.0296. The molecule has 0 spiro atoms. The van der Waals surface area contributed by atoms with Gasteiger partial charge in [0.15, 0.2) is 5.16 Å². The molecule has 6 heteroatoms. The van der Waals surface area contributed by atoms with E-state index in [9.17, 15) is 4.79 Å². The summed E-state index contributed by atoms with van der Waals surface area (Å²) in [6.07, 6.45) is 3.19. The first-order valence-electron chi connectivity index (χ1n) is 9.20. The zero-order chi connectivity index (χ0) is 18.6. The predicted molar refractivity (Wildman–Crippen MR) is 107 cm³/mol. The van der Waals surface area contributed by atoms with Gasteiger partial charge in [-0.3, -0.25) is 9.36 Å². The minimum atomic E-state index is 0.0296. The molecular formula is C21H22N4OS. The number of nitrogens with one attached hydrogen (secondary N) is 1. The van der Waals surface area contributed by atoms with Gasteiger partial charge in [-0.2, -0.15) is 0 Å². The van der Waals surface area contributed by atoms with Gasteiger partial charge in [-0.05, 0) is 49.4 Å². The molecule has 0 saturated heterocycles. The summed E-state index contributed by atoms with van der Waals surface area (Å²) in [6.45, 7) is 1.92. The first kappa shape index (κ1) is 17.8. The number of fused-ring (bicyclic) bond motifs is 1. The summed E-state index contributed by atoms with van der Waals surface area (Å²) in [7, 11) is 0. The maximum absolute atomic E-state index is 12.6. The quantitative estimate of drug-likeness (QED) is 0.685. The molecule has 27 heavy (non-hydrogen) atoms. The molecule has 5 nitrogen and oxygen atoms in total. The Morgan fingerprint density at radius 1 is 1.15 bits per heavy atom. The number of nitrogens with zero attached hydrogens (tertiary/aromatic N) is 3. The number of hydrogen-bond donors (Lipinski definition) is 1. The van der Waals surface area contributed by atoms with Crippen LogP contribution in [0.1, 0.15) is 35.8 Å². The third-order valence-corrected chi connectivity index (χ3v) is 5.78. The molecule has 2 aromatic carbocycles. The van der Waals surface area contributed by atoms with Crippen molar-refractivity contribution in [2.45, 2.75) is 37.4 Å². The van der Waals surface area contributed by atoms with Gasteiger partial charge in [-0.15, -0.1) is 10.2 Å². The summed E-state index contributed by atoms with van der Waals surface area (Å²) >= 11 is 1.42. The summed E-state index contributed by atoms with van der Waals surface area (Å²) in [6, 6.07) is 18.5. The molecule has 3 aromatic rings. The van der Waals surface area contributed by atoms with E-state index in [0.29, 0.717) is 5.75 Å². The van der Waals surface area contributed by atoms with Crippen LogP contribution in [0.5, 0.6) is 0 Å². The number of carbonyl (C=O) groups excluding carboxylic acids is 1. The lowest BCUT2D eigenvalue weighted by atomic mass is 9.88. The fourth-order valence-electron chi connectivity index (χ4n) is 3.58. The third-order valence-electron chi connectivity index (χ3n) is 4.85. The number of amides is 1. The third kappa shape index (κ3) is 3.90. The zero-order valence-electron chi connectivity index (χ0n) is 15.3. The summed E-state index contributed by atoms with van der Waals surface area (Å²) in [4.78, 5) is 12.6. The van der Waals surface area contributed by atoms with Gasteiger partial charge in [0, 0.05) is 5.69 Å². The molecular weight excluding hydrogens is 356 g/mol. The summed E-state index contributed by atoms with van der Waals surface area (Å²) < 4.78 is 1.98. The molecule has 1 N–H and O–H groups in total. The number of rotatable bonds is 5. The van der Waals surface area contributed by atoms with Gasteiger partial charge in [-0.1, -0.05) is 54.2 Å². The second-order valence-corrected chi connectivity index (χ2v) is 7.64. The molecule has 0 fully saturated rings. The molecule has 0 unspecified atom stereocenters. The van der Waals surface area contributed by atoms with Crippen molar-refractivity contribution in [3.8, 4) is 5.69 Å². The smallest absolute Gasteiger partial charge is 0.230 e. The van der Waals surface area contributed by atoms with Crippen molar-refractivity contribution < 1.29 is 4.79 Å². The van der Waals surface area contributed by atoms with E-state index in [1.54, 1.807) is 0 Å². The molecule has 1 aliphatic carbocycles. The van der Waals surface area contributed by atoms with Gasteiger partial charge in [0.2, 0.25) is 5.91 Å². The Labute approximate surface area is 163 Å². The number of hydrogen-bond acceptors (Lipinski definition) is 4. The highest BCUT2D eigenvalue weighted by atomic mass is 32.2. The van der Waals surface area contributed by atoms with Crippen LogP contribution in [0.3, 0.4) is 0 Å². The number of carbonyl (C=O) groups is 1. The Morgan fingerprint density at radius 3 is 2.78 bits per heavy atom. The van der Waals surface area contributed by atoms with Crippen LogP contribution in [0, 0.1) is 6.92 Å². The highest BCUT2D eigenvalue weighted by Crippen LogP contribution is 2.29.